The number of piperazine rings is 1. The molecule has 4 nitrogen and oxygen atoms in total. The summed E-state index contributed by atoms with van der Waals surface area (Å²) in [4.78, 5) is 19.8. The van der Waals surface area contributed by atoms with Crippen LogP contribution in [0.4, 0.5) is 0 Å². The van der Waals surface area contributed by atoms with Gasteiger partial charge < -0.3 is 9.80 Å². The van der Waals surface area contributed by atoms with Crippen molar-refractivity contribution in [3.63, 3.8) is 0 Å². The fourth-order valence-corrected chi connectivity index (χ4v) is 2.90. The van der Waals surface area contributed by atoms with Gasteiger partial charge in [-0.25, -0.2) is 0 Å². The number of rotatable bonds is 4. The van der Waals surface area contributed by atoms with Crippen LogP contribution in [0.2, 0.25) is 0 Å². The number of carbonyl (C=O) groups excluding carboxylic acids is 1. The quantitative estimate of drug-likeness (QED) is 0.813. The van der Waals surface area contributed by atoms with Crippen molar-refractivity contribution in [3.05, 3.63) is 22.4 Å². The van der Waals surface area contributed by atoms with E-state index < -0.39 is 0 Å². The van der Waals surface area contributed by atoms with Crippen LogP contribution in [0.15, 0.2) is 17.5 Å². The first-order valence-corrected chi connectivity index (χ1v) is 7.20. The number of amides is 1. The molecule has 5 heteroatoms. The standard InChI is InChI=1S/C13H21N3OS/c1-14-5-7-16(8-6-14)13(17)11-15(2)10-12-4-3-9-18-12/h3-4,9H,5-8,10-11H2,1-2H3. The number of likely N-dealkylation sites (N-methyl/N-ethyl adjacent to an activating group) is 2. The third-order valence-electron chi connectivity index (χ3n) is 3.27. The molecule has 0 N–H and O–H groups in total. The van der Waals surface area contributed by atoms with Crippen LogP contribution in [-0.2, 0) is 11.3 Å². The van der Waals surface area contributed by atoms with Crippen LogP contribution >= 0.6 is 11.3 Å². The second kappa shape index (κ2) is 6.31. The van der Waals surface area contributed by atoms with Crippen molar-refractivity contribution in [1.82, 2.24) is 14.7 Å². The number of hydrogen-bond donors (Lipinski definition) is 0. The van der Waals surface area contributed by atoms with Crippen LogP contribution < -0.4 is 0 Å². The first-order chi connectivity index (χ1) is 8.65. The van der Waals surface area contributed by atoms with E-state index in [0.717, 1.165) is 32.7 Å². The molecule has 0 aromatic carbocycles. The van der Waals surface area contributed by atoms with Gasteiger partial charge in [-0.1, -0.05) is 6.07 Å². The maximum Gasteiger partial charge on any atom is 0.236 e. The minimum Gasteiger partial charge on any atom is -0.339 e. The van der Waals surface area contributed by atoms with Crippen molar-refractivity contribution in [2.45, 2.75) is 6.54 Å². The lowest BCUT2D eigenvalue weighted by atomic mass is 10.3. The van der Waals surface area contributed by atoms with E-state index in [0.29, 0.717) is 6.54 Å². The molecule has 0 spiro atoms. The van der Waals surface area contributed by atoms with Crippen molar-refractivity contribution in [1.29, 1.82) is 0 Å². The Kier molecular flexibility index (Phi) is 4.74. The fourth-order valence-electron chi connectivity index (χ4n) is 2.11. The summed E-state index contributed by atoms with van der Waals surface area (Å²) < 4.78 is 0. The normalized spacial score (nSPS) is 17.4. The molecular formula is C13H21N3OS. The molecule has 1 aromatic heterocycles. The first-order valence-electron chi connectivity index (χ1n) is 6.32. The molecule has 1 aliphatic rings. The minimum absolute atomic E-state index is 0.252. The minimum atomic E-state index is 0.252. The second-order valence-corrected chi connectivity index (χ2v) is 5.97. The molecule has 2 heterocycles. The Bertz CT molecular complexity index is 372. The number of thiophene rings is 1. The van der Waals surface area contributed by atoms with Crippen LogP contribution in [0.3, 0.4) is 0 Å². The lowest BCUT2D eigenvalue weighted by Crippen LogP contribution is -2.49. The lowest BCUT2D eigenvalue weighted by molar-refractivity contribution is -0.133. The largest absolute Gasteiger partial charge is 0.339 e. The van der Waals surface area contributed by atoms with E-state index in [2.05, 4.69) is 34.4 Å². The predicted octanol–water partition coefficient (Wildman–Crippen LogP) is 0.954. The molecule has 1 aromatic rings. The van der Waals surface area contributed by atoms with Gasteiger partial charge in [-0.3, -0.25) is 9.69 Å². The summed E-state index contributed by atoms with van der Waals surface area (Å²) in [5, 5.41) is 2.07. The van der Waals surface area contributed by atoms with Gasteiger partial charge in [0.1, 0.15) is 0 Å². The van der Waals surface area contributed by atoms with Crippen molar-refractivity contribution < 1.29 is 4.79 Å². The smallest absolute Gasteiger partial charge is 0.236 e. The van der Waals surface area contributed by atoms with Crippen LogP contribution in [0.1, 0.15) is 4.88 Å². The highest BCUT2D eigenvalue weighted by molar-refractivity contribution is 7.09. The van der Waals surface area contributed by atoms with Gasteiger partial charge in [0.05, 0.1) is 6.54 Å². The molecule has 100 valence electrons. The highest BCUT2D eigenvalue weighted by Gasteiger charge is 2.19. The Labute approximate surface area is 113 Å². The van der Waals surface area contributed by atoms with Gasteiger partial charge in [-0.2, -0.15) is 0 Å². The summed E-state index contributed by atoms with van der Waals surface area (Å²) in [6, 6.07) is 4.16. The summed E-state index contributed by atoms with van der Waals surface area (Å²) in [7, 11) is 4.11. The molecule has 1 amide bonds. The van der Waals surface area contributed by atoms with E-state index >= 15 is 0 Å². The van der Waals surface area contributed by atoms with Gasteiger partial charge >= 0.3 is 0 Å². The Balaban J connectivity index is 1.76. The SMILES string of the molecule is CN1CCN(C(=O)CN(C)Cc2cccs2)CC1. The van der Waals surface area contributed by atoms with Crippen molar-refractivity contribution in [2.75, 3.05) is 46.8 Å². The van der Waals surface area contributed by atoms with E-state index in [1.807, 2.05) is 11.9 Å². The zero-order chi connectivity index (χ0) is 13.0. The molecule has 1 fully saturated rings. The van der Waals surface area contributed by atoms with Crippen molar-refractivity contribution in [3.8, 4) is 0 Å². The predicted molar refractivity (Wildman–Crippen MR) is 74.7 cm³/mol. The summed E-state index contributed by atoms with van der Waals surface area (Å²) in [5.74, 6) is 0.252. The van der Waals surface area contributed by atoms with E-state index in [-0.39, 0.29) is 5.91 Å². The molecule has 1 saturated heterocycles. The van der Waals surface area contributed by atoms with Gasteiger partial charge in [-0.15, -0.1) is 11.3 Å². The van der Waals surface area contributed by atoms with Crippen molar-refractivity contribution in [2.24, 2.45) is 0 Å². The fraction of sp³-hybridized carbons (Fsp3) is 0.615. The maximum absolute atomic E-state index is 12.1. The third-order valence-corrected chi connectivity index (χ3v) is 4.13. The average Bonchev–Trinajstić information content (AvgIpc) is 2.82. The van der Waals surface area contributed by atoms with E-state index in [9.17, 15) is 4.79 Å². The van der Waals surface area contributed by atoms with E-state index in [4.69, 9.17) is 0 Å². The number of nitrogens with zero attached hydrogens (tertiary/aromatic N) is 3. The molecule has 0 unspecified atom stereocenters. The number of hydrogen-bond acceptors (Lipinski definition) is 4. The van der Waals surface area contributed by atoms with Crippen LogP contribution in [0.25, 0.3) is 0 Å². The van der Waals surface area contributed by atoms with Gasteiger partial charge in [0.25, 0.3) is 0 Å². The highest BCUT2D eigenvalue weighted by atomic mass is 32.1. The molecule has 2 rings (SSSR count). The second-order valence-electron chi connectivity index (χ2n) is 4.94. The summed E-state index contributed by atoms with van der Waals surface area (Å²) in [6.45, 7) is 5.07. The monoisotopic (exact) mass is 267 g/mol. The molecule has 0 saturated carbocycles. The molecular weight excluding hydrogens is 246 g/mol. The highest BCUT2D eigenvalue weighted by Crippen LogP contribution is 2.11. The maximum atomic E-state index is 12.1. The Morgan fingerprint density at radius 2 is 2.11 bits per heavy atom. The molecule has 0 aliphatic carbocycles. The van der Waals surface area contributed by atoms with Gasteiger partial charge in [0, 0.05) is 37.6 Å². The summed E-state index contributed by atoms with van der Waals surface area (Å²) in [5.41, 5.74) is 0. The summed E-state index contributed by atoms with van der Waals surface area (Å²) in [6.07, 6.45) is 0. The Morgan fingerprint density at radius 3 is 2.72 bits per heavy atom. The average molecular weight is 267 g/mol. The van der Waals surface area contributed by atoms with Crippen LogP contribution in [0.5, 0.6) is 0 Å². The molecule has 0 bridgehead atoms. The van der Waals surface area contributed by atoms with Gasteiger partial charge in [0.2, 0.25) is 5.91 Å². The zero-order valence-corrected chi connectivity index (χ0v) is 11.9. The molecule has 18 heavy (non-hydrogen) atoms. The Hall–Kier alpha value is -0.910. The van der Waals surface area contributed by atoms with E-state index in [1.165, 1.54) is 4.88 Å². The molecule has 1 aliphatic heterocycles. The number of carbonyl (C=O) groups is 1. The third kappa shape index (κ3) is 3.80. The zero-order valence-electron chi connectivity index (χ0n) is 11.1. The molecule has 0 radical (unpaired) electrons. The summed E-state index contributed by atoms with van der Waals surface area (Å²) >= 11 is 1.74. The van der Waals surface area contributed by atoms with E-state index in [1.54, 1.807) is 11.3 Å². The van der Waals surface area contributed by atoms with Gasteiger partial charge in [0.15, 0.2) is 0 Å². The van der Waals surface area contributed by atoms with Crippen LogP contribution in [0, 0.1) is 0 Å². The molecule has 0 atom stereocenters. The van der Waals surface area contributed by atoms with Crippen molar-refractivity contribution >= 4 is 17.2 Å². The first kappa shape index (κ1) is 13.5. The topological polar surface area (TPSA) is 26.8 Å². The van der Waals surface area contributed by atoms with Gasteiger partial charge in [-0.05, 0) is 25.5 Å². The lowest BCUT2D eigenvalue weighted by Gasteiger charge is -2.33. The van der Waals surface area contributed by atoms with Crippen LogP contribution in [-0.4, -0.2) is 67.4 Å². The Morgan fingerprint density at radius 1 is 1.39 bits per heavy atom.